The molecule has 0 aliphatic carbocycles. The maximum absolute atomic E-state index is 12.6. The molecule has 1 aliphatic heterocycles. The summed E-state index contributed by atoms with van der Waals surface area (Å²) in [5, 5.41) is 7.17. The zero-order chi connectivity index (χ0) is 16.2. The average molecular weight is 313 g/mol. The van der Waals surface area contributed by atoms with Gasteiger partial charge in [-0.1, -0.05) is 6.92 Å². The lowest BCUT2D eigenvalue weighted by Crippen LogP contribution is -2.39. The van der Waals surface area contributed by atoms with Crippen LogP contribution in [0.15, 0.2) is 30.3 Å². The summed E-state index contributed by atoms with van der Waals surface area (Å²) in [5.74, 6) is 1.45. The first-order valence-corrected chi connectivity index (χ1v) is 8.25. The summed E-state index contributed by atoms with van der Waals surface area (Å²) in [6.07, 6.45) is 2.27. The van der Waals surface area contributed by atoms with E-state index >= 15 is 0 Å². The Balaban J connectivity index is 1.73. The van der Waals surface area contributed by atoms with Gasteiger partial charge in [0.05, 0.1) is 12.3 Å². The van der Waals surface area contributed by atoms with Gasteiger partial charge in [-0.25, -0.2) is 0 Å². The molecular formula is C18H23N3O2. The lowest BCUT2D eigenvalue weighted by atomic mass is 10.00. The lowest BCUT2D eigenvalue weighted by molar-refractivity contribution is 0.0677. The first kappa shape index (κ1) is 15.6. The molecule has 5 heteroatoms. The van der Waals surface area contributed by atoms with Crippen LogP contribution in [0.2, 0.25) is 0 Å². The van der Waals surface area contributed by atoms with E-state index in [-0.39, 0.29) is 5.91 Å². The van der Waals surface area contributed by atoms with Crippen molar-refractivity contribution in [2.45, 2.75) is 26.7 Å². The molecule has 0 bridgehead atoms. The van der Waals surface area contributed by atoms with Crippen LogP contribution >= 0.6 is 0 Å². The molecule has 23 heavy (non-hydrogen) atoms. The maximum Gasteiger partial charge on any atom is 0.271 e. The Morgan fingerprint density at radius 1 is 1.39 bits per heavy atom. The number of aromatic nitrogens is 2. The predicted molar refractivity (Wildman–Crippen MR) is 89.5 cm³/mol. The number of hydrogen-bond donors (Lipinski definition) is 1. The van der Waals surface area contributed by atoms with Gasteiger partial charge in [0, 0.05) is 18.7 Å². The second-order valence-electron chi connectivity index (χ2n) is 6.12. The standard InChI is InChI=1S/C18H23N3O2/c1-3-23-15-8-6-14(7-9-15)16-11-17(20-19-16)18(22)21-10-4-5-13(2)12-21/h6-9,11,13H,3-5,10,12H2,1-2H3,(H,19,20). The molecule has 0 saturated carbocycles. The fourth-order valence-corrected chi connectivity index (χ4v) is 3.01. The highest BCUT2D eigenvalue weighted by Crippen LogP contribution is 2.23. The summed E-state index contributed by atoms with van der Waals surface area (Å²) in [5.41, 5.74) is 2.31. The summed E-state index contributed by atoms with van der Waals surface area (Å²) >= 11 is 0. The van der Waals surface area contributed by atoms with Crippen LogP contribution in [-0.4, -0.2) is 40.7 Å². The molecule has 1 atom stereocenters. The number of benzene rings is 1. The second-order valence-corrected chi connectivity index (χ2v) is 6.12. The van der Waals surface area contributed by atoms with Crippen LogP contribution in [0.1, 0.15) is 37.2 Å². The van der Waals surface area contributed by atoms with Gasteiger partial charge in [0.15, 0.2) is 0 Å². The number of carbonyl (C=O) groups is 1. The molecule has 2 heterocycles. The van der Waals surface area contributed by atoms with E-state index in [1.54, 1.807) is 0 Å². The number of likely N-dealkylation sites (tertiary alicyclic amines) is 1. The molecule has 2 aromatic rings. The van der Waals surface area contributed by atoms with Crippen molar-refractivity contribution >= 4 is 5.91 Å². The minimum absolute atomic E-state index is 0.0428. The van der Waals surface area contributed by atoms with E-state index in [2.05, 4.69) is 17.1 Å². The molecule has 122 valence electrons. The Morgan fingerprint density at radius 2 is 2.17 bits per heavy atom. The van der Waals surface area contributed by atoms with Crippen LogP contribution in [0, 0.1) is 5.92 Å². The van der Waals surface area contributed by atoms with Crippen LogP contribution < -0.4 is 4.74 Å². The van der Waals surface area contributed by atoms with E-state index < -0.39 is 0 Å². The zero-order valence-electron chi connectivity index (χ0n) is 13.7. The normalized spacial score (nSPS) is 18.0. The van der Waals surface area contributed by atoms with Gasteiger partial charge in [0.2, 0.25) is 0 Å². The van der Waals surface area contributed by atoms with Gasteiger partial charge in [0.1, 0.15) is 11.4 Å². The highest BCUT2D eigenvalue weighted by Gasteiger charge is 2.23. The van der Waals surface area contributed by atoms with Crippen molar-refractivity contribution in [3.63, 3.8) is 0 Å². The van der Waals surface area contributed by atoms with Crippen LogP contribution in [-0.2, 0) is 0 Å². The molecule has 0 spiro atoms. The van der Waals surface area contributed by atoms with Crippen molar-refractivity contribution in [1.82, 2.24) is 15.1 Å². The van der Waals surface area contributed by atoms with Crippen molar-refractivity contribution in [2.75, 3.05) is 19.7 Å². The molecule has 1 aliphatic rings. The number of aromatic amines is 1. The number of ether oxygens (including phenoxy) is 1. The van der Waals surface area contributed by atoms with Crippen LogP contribution in [0.3, 0.4) is 0 Å². The van der Waals surface area contributed by atoms with E-state index in [0.29, 0.717) is 18.2 Å². The fraction of sp³-hybridized carbons (Fsp3) is 0.444. The van der Waals surface area contributed by atoms with Crippen molar-refractivity contribution in [2.24, 2.45) is 5.92 Å². The lowest BCUT2D eigenvalue weighted by Gasteiger charge is -2.30. The molecule has 1 N–H and O–H groups in total. The molecule has 1 fully saturated rings. The van der Waals surface area contributed by atoms with Crippen LogP contribution in [0.4, 0.5) is 0 Å². The van der Waals surface area contributed by atoms with Gasteiger partial charge in [-0.2, -0.15) is 5.10 Å². The third kappa shape index (κ3) is 3.55. The number of nitrogens with zero attached hydrogens (tertiary/aromatic N) is 2. The van der Waals surface area contributed by atoms with Gasteiger partial charge in [-0.15, -0.1) is 0 Å². The van der Waals surface area contributed by atoms with E-state index in [1.807, 2.05) is 42.2 Å². The minimum Gasteiger partial charge on any atom is -0.494 e. The summed E-state index contributed by atoms with van der Waals surface area (Å²) in [6, 6.07) is 9.58. The zero-order valence-corrected chi connectivity index (χ0v) is 13.7. The van der Waals surface area contributed by atoms with Gasteiger partial charge in [-0.05, 0) is 56.0 Å². The van der Waals surface area contributed by atoms with Gasteiger partial charge >= 0.3 is 0 Å². The largest absolute Gasteiger partial charge is 0.494 e. The predicted octanol–water partition coefficient (Wildman–Crippen LogP) is 3.35. The Bertz CT molecular complexity index is 663. The molecule has 1 saturated heterocycles. The number of amides is 1. The summed E-state index contributed by atoms with van der Waals surface area (Å²) < 4.78 is 5.44. The van der Waals surface area contributed by atoms with E-state index in [0.717, 1.165) is 36.5 Å². The van der Waals surface area contributed by atoms with Crippen molar-refractivity contribution in [3.8, 4) is 17.0 Å². The van der Waals surface area contributed by atoms with Crippen molar-refractivity contribution in [3.05, 3.63) is 36.0 Å². The quantitative estimate of drug-likeness (QED) is 0.941. The third-order valence-electron chi connectivity index (χ3n) is 4.21. The minimum atomic E-state index is 0.0428. The molecule has 1 aromatic heterocycles. The number of nitrogens with one attached hydrogen (secondary N) is 1. The Hall–Kier alpha value is -2.30. The monoisotopic (exact) mass is 313 g/mol. The number of rotatable bonds is 4. The summed E-state index contributed by atoms with van der Waals surface area (Å²) in [4.78, 5) is 14.5. The molecule has 3 rings (SSSR count). The van der Waals surface area contributed by atoms with Gasteiger partial charge in [0.25, 0.3) is 5.91 Å². The Morgan fingerprint density at radius 3 is 2.87 bits per heavy atom. The number of hydrogen-bond acceptors (Lipinski definition) is 3. The fourth-order valence-electron chi connectivity index (χ4n) is 3.01. The first-order chi connectivity index (χ1) is 11.2. The topological polar surface area (TPSA) is 58.2 Å². The maximum atomic E-state index is 12.6. The van der Waals surface area contributed by atoms with Crippen molar-refractivity contribution < 1.29 is 9.53 Å². The smallest absolute Gasteiger partial charge is 0.271 e. The highest BCUT2D eigenvalue weighted by atomic mass is 16.5. The van der Waals surface area contributed by atoms with E-state index in [9.17, 15) is 4.79 Å². The number of piperidine rings is 1. The van der Waals surface area contributed by atoms with Crippen molar-refractivity contribution in [1.29, 1.82) is 0 Å². The van der Waals surface area contributed by atoms with Crippen LogP contribution in [0.25, 0.3) is 11.3 Å². The SMILES string of the molecule is CCOc1ccc(-c2cc(C(=O)N3CCCC(C)C3)[nH]n2)cc1. The number of carbonyl (C=O) groups excluding carboxylic acids is 1. The molecule has 1 amide bonds. The third-order valence-corrected chi connectivity index (χ3v) is 4.21. The van der Waals surface area contributed by atoms with Gasteiger partial charge < -0.3 is 9.64 Å². The summed E-state index contributed by atoms with van der Waals surface area (Å²) in [6.45, 7) is 6.46. The first-order valence-electron chi connectivity index (χ1n) is 8.25. The molecular weight excluding hydrogens is 290 g/mol. The Labute approximate surface area is 136 Å². The number of H-pyrrole nitrogens is 1. The summed E-state index contributed by atoms with van der Waals surface area (Å²) in [7, 11) is 0. The molecule has 1 aromatic carbocycles. The average Bonchev–Trinajstić information content (AvgIpc) is 3.05. The van der Waals surface area contributed by atoms with E-state index in [4.69, 9.17) is 4.74 Å². The van der Waals surface area contributed by atoms with Crippen LogP contribution in [0.5, 0.6) is 5.75 Å². The Kier molecular flexibility index (Phi) is 4.65. The van der Waals surface area contributed by atoms with E-state index in [1.165, 1.54) is 6.42 Å². The molecule has 0 radical (unpaired) electrons. The van der Waals surface area contributed by atoms with Gasteiger partial charge in [-0.3, -0.25) is 9.89 Å². The second kappa shape index (κ2) is 6.86. The highest BCUT2D eigenvalue weighted by molar-refractivity contribution is 5.93. The molecule has 1 unspecified atom stereocenters. The molecule has 5 nitrogen and oxygen atoms in total.